The first-order valence-corrected chi connectivity index (χ1v) is 5.80. The Morgan fingerprint density at radius 3 is 2.71 bits per heavy atom. The lowest BCUT2D eigenvalue weighted by Gasteiger charge is -2.21. The van der Waals surface area contributed by atoms with Crippen LogP contribution in [0.15, 0.2) is 15.9 Å². The van der Waals surface area contributed by atoms with E-state index in [-0.39, 0.29) is 12.5 Å². The van der Waals surface area contributed by atoms with Crippen LogP contribution >= 0.6 is 27.3 Å². The van der Waals surface area contributed by atoms with Gasteiger partial charge in [0.25, 0.3) is 0 Å². The van der Waals surface area contributed by atoms with Gasteiger partial charge in [-0.05, 0) is 36.1 Å². The molecular formula is C9H12BrNO2S. The SMILES string of the molecule is CN(C)C(CC(=O)O)c1cc(Br)cs1. The third-order valence-electron chi connectivity index (χ3n) is 1.91. The molecule has 0 aliphatic carbocycles. The van der Waals surface area contributed by atoms with Crippen molar-refractivity contribution < 1.29 is 9.90 Å². The average Bonchev–Trinajstić information content (AvgIpc) is 2.46. The number of thiophene rings is 1. The van der Waals surface area contributed by atoms with Crippen molar-refractivity contribution in [1.82, 2.24) is 4.90 Å². The molecule has 1 rings (SSSR count). The molecule has 0 spiro atoms. The summed E-state index contributed by atoms with van der Waals surface area (Å²) in [6, 6.07) is 1.93. The van der Waals surface area contributed by atoms with E-state index in [4.69, 9.17) is 5.11 Å². The minimum atomic E-state index is -0.770. The Kier molecular flexibility index (Phi) is 4.10. The van der Waals surface area contributed by atoms with Crippen LogP contribution in [-0.4, -0.2) is 30.1 Å². The summed E-state index contributed by atoms with van der Waals surface area (Å²) in [7, 11) is 3.78. The van der Waals surface area contributed by atoms with E-state index in [0.29, 0.717) is 0 Å². The number of carboxylic acid groups (broad SMARTS) is 1. The standard InChI is InChI=1S/C9H12BrNO2S/c1-11(2)7(4-9(12)13)8-3-6(10)5-14-8/h3,5,7H,4H2,1-2H3,(H,12,13). The van der Waals surface area contributed by atoms with Gasteiger partial charge in [0.1, 0.15) is 0 Å². The van der Waals surface area contributed by atoms with Crippen molar-refractivity contribution in [2.75, 3.05) is 14.1 Å². The van der Waals surface area contributed by atoms with Crippen molar-refractivity contribution in [3.63, 3.8) is 0 Å². The first-order chi connectivity index (χ1) is 6.50. The van der Waals surface area contributed by atoms with Gasteiger partial charge in [0.15, 0.2) is 0 Å². The van der Waals surface area contributed by atoms with Gasteiger partial charge in [-0.2, -0.15) is 0 Å². The Morgan fingerprint density at radius 1 is 1.71 bits per heavy atom. The van der Waals surface area contributed by atoms with E-state index in [1.807, 2.05) is 30.4 Å². The molecule has 1 N–H and O–H groups in total. The van der Waals surface area contributed by atoms with Crippen LogP contribution in [0, 0.1) is 0 Å². The smallest absolute Gasteiger partial charge is 0.305 e. The largest absolute Gasteiger partial charge is 0.481 e. The molecule has 1 aromatic rings. The molecule has 3 nitrogen and oxygen atoms in total. The number of aliphatic carboxylic acids is 1. The van der Waals surface area contributed by atoms with E-state index in [1.54, 1.807) is 11.3 Å². The van der Waals surface area contributed by atoms with Crippen LogP contribution in [0.25, 0.3) is 0 Å². The van der Waals surface area contributed by atoms with Crippen LogP contribution < -0.4 is 0 Å². The molecule has 0 amide bonds. The Bertz CT molecular complexity index is 324. The van der Waals surface area contributed by atoms with Crippen molar-refractivity contribution in [3.8, 4) is 0 Å². The number of halogens is 1. The number of carbonyl (C=O) groups is 1. The molecule has 1 heterocycles. The van der Waals surface area contributed by atoms with Crippen molar-refractivity contribution in [2.24, 2.45) is 0 Å². The van der Waals surface area contributed by atoms with E-state index in [0.717, 1.165) is 9.35 Å². The maximum absolute atomic E-state index is 10.7. The summed E-state index contributed by atoms with van der Waals surface area (Å²) < 4.78 is 1.01. The summed E-state index contributed by atoms with van der Waals surface area (Å²) >= 11 is 4.94. The van der Waals surface area contributed by atoms with Crippen molar-refractivity contribution in [1.29, 1.82) is 0 Å². The highest BCUT2D eigenvalue weighted by Gasteiger charge is 2.19. The lowest BCUT2D eigenvalue weighted by molar-refractivity contribution is -0.138. The number of hydrogen-bond donors (Lipinski definition) is 1. The molecule has 0 radical (unpaired) electrons. The lowest BCUT2D eigenvalue weighted by atomic mass is 10.1. The zero-order valence-electron chi connectivity index (χ0n) is 8.03. The second kappa shape index (κ2) is 4.91. The zero-order valence-corrected chi connectivity index (χ0v) is 10.4. The monoisotopic (exact) mass is 277 g/mol. The van der Waals surface area contributed by atoms with Gasteiger partial charge in [0, 0.05) is 14.7 Å². The fourth-order valence-corrected chi connectivity index (χ4v) is 2.85. The maximum Gasteiger partial charge on any atom is 0.305 e. The second-order valence-electron chi connectivity index (χ2n) is 3.24. The minimum Gasteiger partial charge on any atom is -0.481 e. The third kappa shape index (κ3) is 3.08. The summed E-state index contributed by atoms with van der Waals surface area (Å²) in [6.45, 7) is 0. The molecule has 0 saturated heterocycles. The van der Waals surface area contributed by atoms with Gasteiger partial charge in [0.05, 0.1) is 12.5 Å². The Morgan fingerprint density at radius 2 is 2.36 bits per heavy atom. The van der Waals surface area contributed by atoms with Gasteiger partial charge in [-0.15, -0.1) is 11.3 Å². The highest BCUT2D eigenvalue weighted by atomic mass is 79.9. The second-order valence-corrected chi connectivity index (χ2v) is 5.10. The average molecular weight is 278 g/mol. The van der Waals surface area contributed by atoms with Crippen LogP contribution in [0.1, 0.15) is 17.3 Å². The fraction of sp³-hybridized carbons (Fsp3) is 0.444. The minimum absolute atomic E-state index is 0.0381. The van der Waals surface area contributed by atoms with E-state index in [2.05, 4.69) is 15.9 Å². The first-order valence-electron chi connectivity index (χ1n) is 4.13. The molecular weight excluding hydrogens is 266 g/mol. The fourth-order valence-electron chi connectivity index (χ4n) is 1.21. The highest BCUT2D eigenvalue weighted by Crippen LogP contribution is 2.30. The Hall–Kier alpha value is -0.390. The lowest BCUT2D eigenvalue weighted by Crippen LogP contribution is -2.21. The zero-order chi connectivity index (χ0) is 10.7. The highest BCUT2D eigenvalue weighted by molar-refractivity contribution is 9.10. The van der Waals surface area contributed by atoms with Crippen molar-refractivity contribution >= 4 is 33.2 Å². The molecule has 1 atom stereocenters. The Labute approximate surface area is 95.5 Å². The third-order valence-corrected chi connectivity index (χ3v) is 3.70. The van der Waals surface area contributed by atoms with Gasteiger partial charge in [0.2, 0.25) is 0 Å². The van der Waals surface area contributed by atoms with Gasteiger partial charge in [-0.3, -0.25) is 4.79 Å². The molecule has 1 unspecified atom stereocenters. The predicted octanol–water partition coefficient (Wildman–Crippen LogP) is 2.59. The Balaban J connectivity index is 2.82. The van der Waals surface area contributed by atoms with Crippen molar-refractivity contribution in [2.45, 2.75) is 12.5 Å². The number of hydrogen-bond acceptors (Lipinski definition) is 3. The van der Waals surface area contributed by atoms with Crippen LogP contribution in [0.3, 0.4) is 0 Å². The van der Waals surface area contributed by atoms with E-state index >= 15 is 0 Å². The summed E-state index contributed by atoms with van der Waals surface area (Å²) in [5.74, 6) is -0.770. The molecule has 0 fully saturated rings. The van der Waals surface area contributed by atoms with E-state index < -0.39 is 5.97 Å². The number of nitrogens with zero attached hydrogens (tertiary/aromatic N) is 1. The van der Waals surface area contributed by atoms with E-state index in [1.165, 1.54) is 0 Å². The summed E-state index contributed by atoms with van der Waals surface area (Å²) in [6.07, 6.45) is 0.139. The van der Waals surface area contributed by atoms with Crippen molar-refractivity contribution in [3.05, 3.63) is 20.8 Å². The molecule has 0 bridgehead atoms. The normalized spacial score (nSPS) is 13.1. The molecule has 78 valence electrons. The molecule has 0 saturated carbocycles. The summed E-state index contributed by atoms with van der Waals surface area (Å²) in [4.78, 5) is 13.7. The van der Waals surface area contributed by atoms with Gasteiger partial charge in [-0.25, -0.2) is 0 Å². The molecule has 0 aliphatic rings. The number of carboxylic acids is 1. The number of rotatable bonds is 4. The predicted molar refractivity (Wildman–Crippen MR) is 60.7 cm³/mol. The molecule has 14 heavy (non-hydrogen) atoms. The van der Waals surface area contributed by atoms with Crippen LogP contribution in [0.4, 0.5) is 0 Å². The molecule has 0 aliphatic heterocycles. The van der Waals surface area contributed by atoms with Crippen LogP contribution in [-0.2, 0) is 4.79 Å². The summed E-state index contributed by atoms with van der Waals surface area (Å²) in [5, 5.41) is 10.7. The first kappa shape index (κ1) is 11.7. The van der Waals surface area contributed by atoms with Crippen LogP contribution in [0.5, 0.6) is 0 Å². The molecule has 0 aromatic carbocycles. The van der Waals surface area contributed by atoms with Gasteiger partial charge in [-0.1, -0.05) is 0 Å². The van der Waals surface area contributed by atoms with Crippen LogP contribution in [0.2, 0.25) is 0 Å². The maximum atomic E-state index is 10.7. The quantitative estimate of drug-likeness (QED) is 0.920. The van der Waals surface area contributed by atoms with Gasteiger partial charge >= 0.3 is 5.97 Å². The topological polar surface area (TPSA) is 40.5 Å². The van der Waals surface area contributed by atoms with Gasteiger partial charge < -0.3 is 10.0 Å². The molecule has 1 aromatic heterocycles. The molecule has 5 heteroatoms. The van der Waals surface area contributed by atoms with E-state index in [9.17, 15) is 4.79 Å². The summed E-state index contributed by atoms with van der Waals surface area (Å²) in [5.41, 5.74) is 0.